The zero-order valence-electron chi connectivity index (χ0n) is 11.5. The minimum atomic E-state index is -0.844. The first-order valence-electron chi connectivity index (χ1n) is 6.52. The normalized spacial score (nSPS) is 11.3. The molecular formula is C13H25N3O. The summed E-state index contributed by atoms with van der Waals surface area (Å²) < 4.78 is 0. The Kier molecular flexibility index (Phi) is 7.56. The molecule has 1 N–H and O–H groups in total. The summed E-state index contributed by atoms with van der Waals surface area (Å²) in [5.41, 5.74) is -0.844. The minimum absolute atomic E-state index is 0.128. The van der Waals surface area contributed by atoms with Crippen LogP contribution in [0.2, 0.25) is 0 Å². The minimum Gasteiger partial charge on any atom is -0.353 e. The third-order valence-corrected chi connectivity index (χ3v) is 3.46. The molecule has 4 heteroatoms. The first-order chi connectivity index (χ1) is 8.10. The van der Waals surface area contributed by atoms with Gasteiger partial charge in [0.2, 0.25) is 5.91 Å². The molecule has 0 rings (SSSR count). The van der Waals surface area contributed by atoms with E-state index in [9.17, 15) is 4.79 Å². The number of likely N-dealkylation sites (N-methyl/N-ethyl adjacent to an activating group) is 1. The van der Waals surface area contributed by atoms with Crippen LogP contribution < -0.4 is 5.32 Å². The molecule has 0 heterocycles. The molecule has 1 amide bonds. The van der Waals surface area contributed by atoms with E-state index in [4.69, 9.17) is 5.26 Å². The highest BCUT2D eigenvalue weighted by atomic mass is 16.2. The smallest absolute Gasteiger partial charge is 0.240 e. The van der Waals surface area contributed by atoms with Crippen molar-refractivity contribution >= 4 is 5.91 Å². The van der Waals surface area contributed by atoms with Gasteiger partial charge in [-0.25, -0.2) is 0 Å². The molecule has 0 atom stereocenters. The Hall–Kier alpha value is -1.08. The molecule has 0 saturated heterocycles. The van der Waals surface area contributed by atoms with Gasteiger partial charge in [-0.15, -0.1) is 0 Å². The average molecular weight is 239 g/mol. The number of hydrogen-bond donors (Lipinski definition) is 1. The Morgan fingerprint density at radius 2 is 1.76 bits per heavy atom. The molecule has 0 aliphatic rings. The Morgan fingerprint density at radius 1 is 1.24 bits per heavy atom. The van der Waals surface area contributed by atoms with Crippen molar-refractivity contribution in [3.05, 3.63) is 0 Å². The number of rotatable bonds is 8. The number of amides is 1. The fraction of sp³-hybridized carbons (Fsp3) is 0.846. The van der Waals surface area contributed by atoms with E-state index in [1.807, 2.05) is 13.8 Å². The third kappa shape index (κ3) is 4.35. The Labute approximate surface area is 105 Å². The van der Waals surface area contributed by atoms with Crippen molar-refractivity contribution in [2.24, 2.45) is 5.41 Å². The van der Waals surface area contributed by atoms with Crippen LogP contribution in [0.3, 0.4) is 0 Å². The summed E-state index contributed by atoms with van der Waals surface area (Å²) in [6.45, 7) is 11.4. The van der Waals surface area contributed by atoms with E-state index in [1.54, 1.807) is 0 Å². The number of carbonyl (C=O) groups is 1. The maximum absolute atomic E-state index is 12.0. The van der Waals surface area contributed by atoms with Gasteiger partial charge < -0.3 is 10.2 Å². The Bertz CT molecular complexity index is 262. The van der Waals surface area contributed by atoms with E-state index >= 15 is 0 Å². The van der Waals surface area contributed by atoms with Crippen molar-refractivity contribution in [1.82, 2.24) is 10.2 Å². The van der Waals surface area contributed by atoms with Crippen LogP contribution in [0.15, 0.2) is 0 Å². The number of nitrogens with zero attached hydrogens (tertiary/aromatic N) is 2. The summed E-state index contributed by atoms with van der Waals surface area (Å²) in [5, 5.41) is 12.0. The molecule has 0 bridgehead atoms. The summed E-state index contributed by atoms with van der Waals surface area (Å²) in [5.74, 6) is -0.128. The molecule has 0 saturated carbocycles. The van der Waals surface area contributed by atoms with Crippen molar-refractivity contribution in [2.45, 2.75) is 40.5 Å². The van der Waals surface area contributed by atoms with Crippen LogP contribution in [-0.4, -0.2) is 37.0 Å². The fourth-order valence-electron chi connectivity index (χ4n) is 1.82. The molecule has 0 spiro atoms. The number of nitriles is 1. The second-order valence-corrected chi connectivity index (χ2v) is 4.18. The van der Waals surface area contributed by atoms with Crippen molar-refractivity contribution in [1.29, 1.82) is 5.26 Å². The highest BCUT2D eigenvalue weighted by Gasteiger charge is 2.34. The van der Waals surface area contributed by atoms with Gasteiger partial charge in [0.1, 0.15) is 5.41 Å². The molecule has 17 heavy (non-hydrogen) atoms. The molecule has 0 aliphatic carbocycles. The van der Waals surface area contributed by atoms with Gasteiger partial charge in [-0.05, 0) is 25.9 Å². The zero-order chi connectivity index (χ0) is 13.3. The lowest BCUT2D eigenvalue weighted by atomic mass is 9.83. The lowest BCUT2D eigenvalue weighted by Crippen LogP contribution is -2.42. The van der Waals surface area contributed by atoms with Crippen LogP contribution >= 0.6 is 0 Å². The molecule has 0 aromatic heterocycles. The third-order valence-electron chi connectivity index (χ3n) is 3.46. The Balaban J connectivity index is 4.22. The molecule has 0 aromatic rings. The van der Waals surface area contributed by atoms with E-state index < -0.39 is 5.41 Å². The van der Waals surface area contributed by atoms with Gasteiger partial charge in [0.25, 0.3) is 0 Å². The van der Waals surface area contributed by atoms with Crippen molar-refractivity contribution in [3.63, 3.8) is 0 Å². The van der Waals surface area contributed by atoms with Crippen molar-refractivity contribution in [2.75, 3.05) is 26.2 Å². The highest BCUT2D eigenvalue weighted by molar-refractivity contribution is 5.85. The van der Waals surface area contributed by atoms with E-state index in [1.165, 1.54) is 0 Å². The molecule has 0 fully saturated rings. The van der Waals surface area contributed by atoms with Gasteiger partial charge in [0.15, 0.2) is 0 Å². The van der Waals surface area contributed by atoms with Gasteiger partial charge in [-0.1, -0.05) is 27.7 Å². The molecule has 0 aromatic carbocycles. The number of carbonyl (C=O) groups excluding carboxylic acids is 1. The quantitative estimate of drug-likeness (QED) is 0.702. The van der Waals surface area contributed by atoms with Crippen LogP contribution in [-0.2, 0) is 4.79 Å². The summed E-state index contributed by atoms with van der Waals surface area (Å²) in [6, 6.07) is 2.16. The lowest BCUT2D eigenvalue weighted by molar-refractivity contribution is -0.128. The first-order valence-corrected chi connectivity index (χ1v) is 6.52. The second kappa shape index (κ2) is 8.08. The van der Waals surface area contributed by atoms with Gasteiger partial charge in [-0.2, -0.15) is 5.26 Å². The zero-order valence-corrected chi connectivity index (χ0v) is 11.5. The van der Waals surface area contributed by atoms with Gasteiger partial charge in [0.05, 0.1) is 6.07 Å². The van der Waals surface area contributed by atoms with Crippen LogP contribution in [0, 0.1) is 16.7 Å². The summed E-state index contributed by atoms with van der Waals surface area (Å²) in [6.07, 6.45) is 1.13. The predicted octanol–water partition coefficient (Wildman–Crippen LogP) is 1.77. The topological polar surface area (TPSA) is 56.1 Å². The van der Waals surface area contributed by atoms with Crippen molar-refractivity contribution < 1.29 is 4.79 Å². The van der Waals surface area contributed by atoms with Crippen LogP contribution in [0.25, 0.3) is 0 Å². The second-order valence-electron chi connectivity index (χ2n) is 4.18. The molecule has 98 valence electrons. The maximum Gasteiger partial charge on any atom is 0.240 e. The van der Waals surface area contributed by atoms with Crippen LogP contribution in [0.1, 0.15) is 40.5 Å². The molecule has 0 radical (unpaired) electrons. The summed E-state index contributed by atoms with van der Waals surface area (Å²) >= 11 is 0. The Morgan fingerprint density at radius 3 is 2.12 bits per heavy atom. The molecule has 4 nitrogen and oxygen atoms in total. The van der Waals surface area contributed by atoms with Crippen LogP contribution in [0.5, 0.6) is 0 Å². The molecule has 0 aliphatic heterocycles. The van der Waals surface area contributed by atoms with E-state index in [0.29, 0.717) is 19.4 Å². The monoisotopic (exact) mass is 239 g/mol. The molecular weight excluding hydrogens is 214 g/mol. The average Bonchev–Trinajstić information content (AvgIpc) is 2.37. The SMILES string of the molecule is CCN(CC)CCNC(=O)C(C#N)(CC)CC. The number of hydrogen-bond acceptors (Lipinski definition) is 3. The highest BCUT2D eigenvalue weighted by Crippen LogP contribution is 2.25. The van der Waals surface area contributed by atoms with Crippen molar-refractivity contribution in [3.8, 4) is 6.07 Å². The number of nitrogens with one attached hydrogen (secondary N) is 1. The van der Waals surface area contributed by atoms with Gasteiger partial charge >= 0.3 is 0 Å². The lowest BCUT2D eigenvalue weighted by Gasteiger charge is -2.23. The van der Waals surface area contributed by atoms with E-state index in [-0.39, 0.29) is 5.91 Å². The standard InChI is InChI=1S/C13H25N3O/c1-5-13(6-2,11-14)12(17)15-9-10-16(7-3)8-4/h5-10H2,1-4H3,(H,15,17). The van der Waals surface area contributed by atoms with E-state index in [0.717, 1.165) is 19.6 Å². The van der Waals surface area contributed by atoms with Gasteiger partial charge in [-0.3, -0.25) is 4.79 Å². The predicted molar refractivity (Wildman–Crippen MR) is 69.4 cm³/mol. The molecule has 0 unspecified atom stereocenters. The van der Waals surface area contributed by atoms with Gasteiger partial charge in [0, 0.05) is 13.1 Å². The summed E-state index contributed by atoms with van der Waals surface area (Å²) in [7, 11) is 0. The largest absolute Gasteiger partial charge is 0.353 e. The summed E-state index contributed by atoms with van der Waals surface area (Å²) in [4.78, 5) is 14.2. The fourth-order valence-corrected chi connectivity index (χ4v) is 1.82. The maximum atomic E-state index is 12.0. The van der Waals surface area contributed by atoms with Crippen LogP contribution in [0.4, 0.5) is 0 Å². The van der Waals surface area contributed by atoms with E-state index in [2.05, 4.69) is 30.1 Å². The first kappa shape index (κ1) is 15.9.